The molecule has 0 aliphatic rings. The van der Waals surface area contributed by atoms with Crippen LogP contribution >= 0.6 is 0 Å². The summed E-state index contributed by atoms with van der Waals surface area (Å²) in [5.41, 5.74) is 1.84. The lowest BCUT2D eigenvalue weighted by atomic mass is 10.1. The van der Waals surface area contributed by atoms with Crippen LogP contribution in [-0.4, -0.2) is 31.6 Å². The average Bonchev–Trinajstić information content (AvgIpc) is 2.34. The number of nitrogens with zero attached hydrogens (tertiary/aromatic N) is 2. The third-order valence-corrected chi connectivity index (χ3v) is 2.79. The lowest BCUT2D eigenvalue weighted by Gasteiger charge is -2.17. The van der Waals surface area contributed by atoms with Crippen LogP contribution in [0, 0.1) is 11.3 Å². The van der Waals surface area contributed by atoms with E-state index in [1.54, 1.807) is 0 Å². The highest BCUT2D eigenvalue weighted by Crippen LogP contribution is 2.07. The molecule has 17 heavy (non-hydrogen) atoms. The second-order valence-corrected chi connectivity index (χ2v) is 4.64. The van der Waals surface area contributed by atoms with Crippen LogP contribution in [0.2, 0.25) is 0 Å². The maximum absolute atomic E-state index is 8.98. The molecule has 0 saturated heterocycles. The summed E-state index contributed by atoms with van der Waals surface area (Å²) in [6.07, 6.45) is 1.11. The number of hydrogen-bond acceptors (Lipinski definition) is 3. The van der Waals surface area contributed by atoms with E-state index in [9.17, 15) is 0 Å². The first kappa shape index (κ1) is 13.7. The molecule has 0 spiro atoms. The molecule has 0 bridgehead atoms. The van der Waals surface area contributed by atoms with Crippen molar-refractivity contribution in [2.75, 3.05) is 20.6 Å². The van der Waals surface area contributed by atoms with Gasteiger partial charge in [-0.2, -0.15) is 5.26 Å². The summed E-state index contributed by atoms with van der Waals surface area (Å²) >= 11 is 0. The number of nitriles is 1. The van der Waals surface area contributed by atoms with Gasteiger partial charge >= 0.3 is 0 Å². The van der Waals surface area contributed by atoms with E-state index in [1.807, 2.05) is 24.3 Å². The first-order valence-electron chi connectivity index (χ1n) is 5.99. The zero-order chi connectivity index (χ0) is 12.7. The predicted octanol–water partition coefficient (Wildman–Crippen LogP) is 1.99. The van der Waals surface area contributed by atoms with Gasteiger partial charge in [-0.15, -0.1) is 0 Å². The molecular weight excluding hydrogens is 210 g/mol. The molecule has 0 heterocycles. The van der Waals surface area contributed by atoms with Gasteiger partial charge in [0.15, 0.2) is 0 Å². The number of benzene rings is 1. The van der Waals surface area contributed by atoms with Crippen molar-refractivity contribution < 1.29 is 0 Å². The van der Waals surface area contributed by atoms with Crippen molar-refractivity contribution in [3.63, 3.8) is 0 Å². The Balaban J connectivity index is 2.42. The molecule has 92 valence electrons. The lowest BCUT2D eigenvalue weighted by Crippen LogP contribution is -2.29. The minimum absolute atomic E-state index is 0.462. The van der Waals surface area contributed by atoms with Crippen molar-refractivity contribution in [2.45, 2.75) is 25.9 Å². The second-order valence-electron chi connectivity index (χ2n) is 4.64. The molecule has 3 heteroatoms. The molecule has 0 aliphatic carbocycles. The predicted molar refractivity (Wildman–Crippen MR) is 70.6 cm³/mol. The van der Waals surface area contributed by atoms with E-state index in [0.717, 1.165) is 30.6 Å². The Hall–Kier alpha value is -1.37. The Morgan fingerprint density at radius 2 is 2.06 bits per heavy atom. The van der Waals surface area contributed by atoms with Crippen LogP contribution in [0.25, 0.3) is 0 Å². The SMILES string of the molecule is CC(CCN(C)C)NCc1ccccc1C#N. The van der Waals surface area contributed by atoms with Gasteiger partial charge in [-0.3, -0.25) is 0 Å². The molecule has 0 amide bonds. The summed E-state index contributed by atoms with van der Waals surface area (Å²) in [6.45, 7) is 4.02. The zero-order valence-corrected chi connectivity index (χ0v) is 10.9. The second kappa shape index (κ2) is 7.05. The quantitative estimate of drug-likeness (QED) is 0.813. The van der Waals surface area contributed by atoms with Crippen molar-refractivity contribution >= 4 is 0 Å². The average molecular weight is 231 g/mol. The summed E-state index contributed by atoms with van der Waals surface area (Å²) in [7, 11) is 4.16. The Bertz CT molecular complexity index is 379. The fraction of sp³-hybridized carbons (Fsp3) is 0.500. The number of hydrogen-bond donors (Lipinski definition) is 1. The minimum Gasteiger partial charge on any atom is -0.310 e. The molecule has 1 atom stereocenters. The summed E-state index contributed by atoms with van der Waals surface area (Å²) < 4.78 is 0. The van der Waals surface area contributed by atoms with Gasteiger partial charge < -0.3 is 10.2 Å². The van der Waals surface area contributed by atoms with E-state index in [-0.39, 0.29) is 0 Å². The fourth-order valence-corrected chi connectivity index (χ4v) is 1.62. The van der Waals surface area contributed by atoms with E-state index >= 15 is 0 Å². The maximum Gasteiger partial charge on any atom is 0.0995 e. The van der Waals surface area contributed by atoms with Crippen LogP contribution in [0.1, 0.15) is 24.5 Å². The van der Waals surface area contributed by atoms with Crippen LogP contribution in [-0.2, 0) is 6.54 Å². The van der Waals surface area contributed by atoms with Gasteiger partial charge in [-0.1, -0.05) is 18.2 Å². The van der Waals surface area contributed by atoms with Crippen molar-refractivity contribution in [1.82, 2.24) is 10.2 Å². The zero-order valence-electron chi connectivity index (χ0n) is 10.9. The Labute approximate surface area is 104 Å². The molecule has 1 rings (SSSR count). The van der Waals surface area contributed by atoms with E-state index < -0.39 is 0 Å². The Morgan fingerprint density at radius 3 is 2.71 bits per heavy atom. The van der Waals surface area contributed by atoms with Crippen molar-refractivity contribution in [1.29, 1.82) is 5.26 Å². The molecule has 1 aromatic carbocycles. The van der Waals surface area contributed by atoms with Gasteiger partial charge in [-0.05, 0) is 45.6 Å². The van der Waals surface area contributed by atoms with Gasteiger partial charge in [0.1, 0.15) is 0 Å². The smallest absolute Gasteiger partial charge is 0.0995 e. The largest absolute Gasteiger partial charge is 0.310 e. The molecule has 0 aromatic heterocycles. The molecule has 0 aliphatic heterocycles. The molecule has 0 fully saturated rings. The van der Waals surface area contributed by atoms with Crippen LogP contribution in [0.15, 0.2) is 24.3 Å². The maximum atomic E-state index is 8.98. The third kappa shape index (κ3) is 4.99. The van der Waals surface area contributed by atoms with Crippen molar-refractivity contribution in [2.24, 2.45) is 0 Å². The van der Waals surface area contributed by atoms with Crippen LogP contribution in [0.4, 0.5) is 0 Å². The topological polar surface area (TPSA) is 39.1 Å². The lowest BCUT2D eigenvalue weighted by molar-refractivity contribution is 0.365. The van der Waals surface area contributed by atoms with Crippen LogP contribution in [0.5, 0.6) is 0 Å². The van der Waals surface area contributed by atoms with Crippen LogP contribution in [0.3, 0.4) is 0 Å². The van der Waals surface area contributed by atoms with E-state index in [0.29, 0.717) is 6.04 Å². The molecule has 1 aromatic rings. The highest BCUT2D eigenvalue weighted by atomic mass is 15.1. The van der Waals surface area contributed by atoms with Crippen molar-refractivity contribution in [3.05, 3.63) is 35.4 Å². The monoisotopic (exact) mass is 231 g/mol. The minimum atomic E-state index is 0.462. The first-order chi connectivity index (χ1) is 8.13. The van der Waals surface area contributed by atoms with Gasteiger partial charge in [0.05, 0.1) is 11.6 Å². The van der Waals surface area contributed by atoms with Gasteiger partial charge in [-0.25, -0.2) is 0 Å². The summed E-state index contributed by atoms with van der Waals surface area (Å²) in [6, 6.07) is 10.4. The summed E-state index contributed by atoms with van der Waals surface area (Å²) in [5.74, 6) is 0. The highest BCUT2D eigenvalue weighted by molar-refractivity contribution is 5.37. The summed E-state index contributed by atoms with van der Waals surface area (Å²) in [4.78, 5) is 2.18. The van der Waals surface area contributed by atoms with Crippen LogP contribution < -0.4 is 5.32 Å². The van der Waals surface area contributed by atoms with E-state index in [4.69, 9.17) is 5.26 Å². The molecule has 1 unspecified atom stereocenters. The normalized spacial score (nSPS) is 12.4. The molecular formula is C14H21N3. The Kier molecular flexibility index (Phi) is 5.68. The number of rotatable bonds is 6. The molecule has 3 nitrogen and oxygen atoms in total. The molecule has 1 N–H and O–H groups in total. The highest BCUT2D eigenvalue weighted by Gasteiger charge is 2.04. The Morgan fingerprint density at radius 1 is 1.35 bits per heavy atom. The van der Waals surface area contributed by atoms with Gasteiger partial charge in [0, 0.05) is 12.6 Å². The standard InChI is InChI=1S/C14H21N3/c1-12(8-9-17(2)3)16-11-14-7-5-4-6-13(14)10-15/h4-7,12,16H,8-9,11H2,1-3H3. The van der Waals surface area contributed by atoms with E-state index in [2.05, 4.69) is 37.3 Å². The first-order valence-corrected chi connectivity index (χ1v) is 5.99. The van der Waals surface area contributed by atoms with Crippen molar-refractivity contribution in [3.8, 4) is 6.07 Å². The molecule has 0 saturated carbocycles. The number of nitrogens with one attached hydrogen (secondary N) is 1. The summed E-state index contributed by atoms with van der Waals surface area (Å²) in [5, 5.41) is 12.4. The fourth-order valence-electron chi connectivity index (χ4n) is 1.62. The molecule has 0 radical (unpaired) electrons. The van der Waals surface area contributed by atoms with Gasteiger partial charge in [0.2, 0.25) is 0 Å². The van der Waals surface area contributed by atoms with E-state index in [1.165, 1.54) is 0 Å². The van der Waals surface area contributed by atoms with Gasteiger partial charge in [0.25, 0.3) is 0 Å². The third-order valence-electron chi connectivity index (χ3n) is 2.79.